The molecule has 1 N–H and O–H groups in total. The Hall–Kier alpha value is -0.320. The van der Waals surface area contributed by atoms with E-state index in [9.17, 15) is 0 Å². The highest BCUT2D eigenvalue weighted by Crippen LogP contribution is 2.29. The van der Waals surface area contributed by atoms with Gasteiger partial charge in [0.25, 0.3) is 0 Å². The van der Waals surface area contributed by atoms with E-state index < -0.39 is 0 Å². The molecule has 3 rings (SSSR count). The van der Waals surface area contributed by atoms with Gasteiger partial charge in [-0.1, -0.05) is 11.6 Å². The number of rotatable bonds is 1. The lowest BCUT2D eigenvalue weighted by Gasteiger charge is -2.34. The van der Waals surface area contributed by atoms with Crippen molar-refractivity contribution in [3.63, 3.8) is 0 Å². The van der Waals surface area contributed by atoms with Gasteiger partial charge in [0.1, 0.15) is 5.15 Å². The Kier molecular flexibility index (Phi) is 2.81. The number of halogens is 2. The molecule has 0 spiro atoms. The number of fused-ring (bicyclic) bond motifs is 2. The van der Waals surface area contributed by atoms with Crippen LogP contribution in [0.1, 0.15) is 12.8 Å². The molecular weight excluding hydrogens is 289 g/mol. The van der Waals surface area contributed by atoms with E-state index in [2.05, 4.69) is 37.2 Å². The van der Waals surface area contributed by atoms with Crippen molar-refractivity contribution in [3.05, 3.63) is 21.9 Å². The molecule has 2 fully saturated rings. The molecule has 16 heavy (non-hydrogen) atoms. The van der Waals surface area contributed by atoms with Crippen molar-refractivity contribution in [3.8, 4) is 0 Å². The molecule has 3 heterocycles. The van der Waals surface area contributed by atoms with Gasteiger partial charge in [-0.05, 0) is 34.8 Å². The summed E-state index contributed by atoms with van der Waals surface area (Å²) in [5.41, 5.74) is 1.16. The molecule has 0 amide bonds. The topological polar surface area (TPSA) is 28.2 Å². The summed E-state index contributed by atoms with van der Waals surface area (Å²) in [6.07, 6.45) is 4.45. The average Bonchev–Trinajstić information content (AvgIpc) is 2.62. The highest BCUT2D eigenvalue weighted by molar-refractivity contribution is 9.10. The van der Waals surface area contributed by atoms with Crippen LogP contribution in [0.5, 0.6) is 0 Å². The maximum atomic E-state index is 5.90. The molecule has 0 saturated carbocycles. The number of hydrogen-bond donors (Lipinski definition) is 1. The zero-order valence-electron chi connectivity index (χ0n) is 8.79. The third kappa shape index (κ3) is 1.94. The van der Waals surface area contributed by atoms with Crippen LogP contribution in [-0.2, 0) is 0 Å². The summed E-state index contributed by atoms with van der Waals surface area (Å²) in [5.74, 6) is 0. The Labute approximate surface area is 108 Å². The second-order valence-electron chi connectivity index (χ2n) is 4.51. The molecule has 2 atom stereocenters. The minimum absolute atomic E-state index is 0.529. The standard InChI is InChI=1S/C11H13BrClN3/c12-10-3-9(4-14-11(10)13)16-5-7-1-2-8(6-16)15-7/h3-4,7-8,15H,1-2,5-6H2. The SMILES string of the molecule is Clc1ncc(N2CC3CCC(C2)N3)cc1Br. The van der Waals surface area contributed by atoms with E-state index >= 15 is 0 Å². The second kappa shape index (κ2) is 4.17. The van der Waals surface area contributed by atoms with Crippen LogP contribution in [0.15, 0.2) is 16.7 Å². The smallest absolute Gasteiger partial charge is 0.143 e. The molecule has 2 bridgehead atoms. The van der Waals surface area contributed by atoms with Gasteiger partial charge in [0.2, 0.25) is 0 Å². The summed E-state index contributed by atoms with van der Waals surface area (Å²) < 4.78 is 0.873. The van der Waals surface area contributed by atoms with Crippen LogP contribution in [0.3, 0.4) is 0 Å². The number of pyridine rings is 1. The maximum absolute atomic E-state index is 5.90. The van der Waals surface area contributed by atoms with Crippen LogP contribution in [0.25, 0.3) is 0 Å². The highest BCUT2D eigenvalue weighted by atomic mass is 79.9. The monoisotopic (exact) mass is 301 g/mol. The molecule has 0 aromatic carbocycles. The van der Waals surface area contributed by atoms with Gasteiger partial charge < -0.3 is 10.2 Å². The van der Waals surface area contributed by atoms with Gasteiger partial charge in [-0.2, -0.15) is 0 Å². The van der Waals surface area contributed by atoms with Crippen LogP contribution < -0.4 is 10.2 Å². The molecule has 5 heteroatoms. The van der Waals surface area contributed by atoms with Crippen molar-refractivity contribution in [2.75, 3.05) is 18.0 Å². The molecule has 2 saturated heterocycles. The number of nitrogens with zero attached hydrogens (tertiary/aromatic N) is 2. The average molecular weight is 303 g/mol. The maximum Gasteiger partial charge on any atom is 0.143 e. The minimum atomic E-state index is 0.529. The second-order valence-corrected chi connectivity index (χ2v) is 5.72. The summed E-state index contributed by atoms with van der Waals surface area (Å²) >= 11 is 9.32. The van der Waals surface area contributed by atoms with E-state index in [0.717, 1.165) is 23.2 Å². The largest absolute Gasteiger partial charge is 0.367 e. The van der Waals surface area contributed by atoms with Crippen molar-refractivity contribution in [1.29, 1.82) is 0 Å². The van der Waals surface area contributed by atoms with E-state index in [-0.39, 0.29) is 0 Å². The molecule has 0 aliphatic carbocycles. The number of nitrogens with one attached hydrogen (secondary N) is 1. The van der Waals surface area contributed by atoms with E-state index in [4.69, 9.17) is 11.6 Å². The fourth-order valence-corrected chi connectivity index (χ4v) is 3.03. The lowest BCUT2D eigenvalue weighted by atomic mass is 10.2. The van der Waals surface area contributed by atoms with Crippen molar-refractivity contribution in [2.45, 2.75) is 24.9 Å². The quantitative estimate of drug-likeness (QED) is 0.808. The first kappa shape index (κ1) is 10.8. The van der Waals surface area contributed by atoms with E-state index in [1.54, 1.807) is 0 Å². The molecule has 1 aromatic rings. The summed E-state index contributed by atoms with van der Waals surface area (Å²) in [7, 11) is 0. The molecule has 2 unspecified atom stereocenters. The molecule has 86 valence electrons. The lowest BCUT2D eigenvalue weighted by Crippen LogP contribution is -2.51. The first-order valence-electron chi connectivity index (χ1n) is 5.54. The van der Waals surface area contributed by atoms with Crippen LogP contribution in [0, 0.1) is 0 Å². The zero-order valence-corrected chi connectivity index (χ0v) is 11.1. The van der Waals surface area contributed by atoms with Gasteiger partial charge in [-0.25, -0.2) is 4.98 Å². The summed E-state index contributed by atoms with van der Waals surface area (Å²) in [6, 6.07) is 3.35. The van der Waals surface area contributed by atoms with Gasteiger partial charge in [-0.15, -0.1) is 0 Å². The van der Waals surface area contributed by atoms with Gasteiger partial charge in [0, 0.05) is 25.2 Å². The zero-order chi connectivity index (χ0) is 11.1. The Morgan fingerprint density at radius 3 is 2.69 bits per heavy atom. The van der Waals surface area contributed by atoms with Crippen molar-refractivity contribution in [1.82, 2.24) is 10.3 Å². The highest BCUT2D eigenvalue weighted by Gasteiger charge is 2.32. The number of aromatic nitrogens is 1. The Bertz CT molecular complexity index is 400. The van der Waals surface area contributed by atoms with Gasteiger partial charge in [0.15, 0.2) is 0 Å². The van der Waals surface area contributed by atoms with Crippen LogP contribution >= 0.6 is 27.5 Å². The van der Waals surface area contributed by atoms with Gasteiger partial charge >= 0.3 is 0 Å². The van der Waals surface area contributed by atoms with Gasteiger partial charge in [-0.3, -0.25) is 0 Å². The van der Waals surface area contributed by atoms with E-state index in [0.29, 0.717) is 17.2 Å². The third-order valence-electron chi connectivity index (χ3n) is 3.36. The molecule has 0 radical (unpaired) electrons. The fourth-order valence-electron chi connectivity index (χ4n) is 2.59. The van der Waals surface area contributed by atoms with Crippen molar-refractivity contribution >= 4 is 33.2 Å². The Morgan fingerprint density at radius 1 is 1.38 bits per heavy atom. The summed E-state index contributed by atoms with van der Waals surface area (Å²) in [5, 5.41) is 4.15. The van der Waals surface area contributed by atoms with Crippen LogP contribution in [-0.4, -0.2) is 30.2 Å². The Morgan fingerprint density at radius 2 is 2.06 bits per heavy atom. The summed E-state index contributed by atoms with van der Waals surface area (Å²) in [6.45, 7) is 2.15. The molecule has 2 aliphatic heterocycles. The van der Waals surface area contributed by atoms with E-state index in [1.807, 2.05) is 6.20 Å². The van der Waals surface area contributed by atoms with Crippen LogP contribution in [0.4, 0.5) is 5.69 Å². The van der Waals surface area contributed by atoms with E-state index in [1.165, 1.54) is 12.8 Å². The van der Waals surface area contributed by atoms with Crippen molar-refractivity contribution in [2.24, 2.45) is 0 Å². The number of piperazine rings is 1. The fraction of sp³-hybridized carbons (Fsp3) is 0.545. The molecule has 3 nitrogen and oxygen atoms in total. The predicted molar refractivity (Wildman–Crippen MR) is 69.1 cm³/mol. The number of anilines is 1. The first-order valence-corrected chi connectivity index (χ1v) is 6.71. The lowest BCUT2D eigenvalue weighted by molar-refractivity contribution is 0.465. The number of hydrogen-bond acceptors (Lipinski definition) is 3. The Balaban J connectivity index is 1.84. The third-order valence-corrected chi connectivity index (χ3v) is 4.50. The predicted octanol–water partition coefficient (Wildman–Crippen LogP) is 2.44. The van der Waals surface area contributed by atoms with Crippen LogP contribution in [0.2, 0.25) is 5.15 Å². The van der Waals surface area contributed by atoms with Crippen molar-refractivity contribution < 1.29 is 0 Å². The molecular formula is C11H13BrClN3. The van der Waals surface area contributed by atoms with Gasteiger partial charge in [0.05, 0.1) is 16.4 Å². The molecule has 1 aromatic heterocycles. The minimum Gasteiger partial charge on any atom is -0.367 e. The first-order chi connectivity index (χ1) is 7.72. The summed E-state index contributed by atoms with van der Waals surface area (Å²) in [4.78, 5) is 6.58. The molecule has 2 aliphatic rings. The normalized spacial score (nSPS) is 28.5.